The van der Waals surface area contributed by atoms with E-state index in [1.807, 2.05) is 48.5 Å². The second-order valence-electron chi connectivity index (χ2n) is 6.31. The Bertz CT molecular complexity index is 656. The molecular weight excluding hydrogens is 330 g/mol. The largest absolute Gasteiger partial charge is 0.455 e. The first-order valence-electron chi connectivity index (χ1n) is 8.99. The number of ether oxygens (including phenoxy) is 3. The zero-order valence-electron chi connectivity index (χ0n) is 14.9. The minimum Gasteiger partial charge on any atom is -0.455 e. The van der Waals surface area contributed by atoms with Crippen molar-refractivity contribution in [3.63, 3.8) is 0 Å². The van der Waals surface area contributed by atoms with Crippen molar-refractivity contribution in [1.29, 1.82) is 0 Å². The second-order valence-corrected chi connectivity index (χ2v) is 6.31. The quantitative estimate of drug-likeness (QED) is 0.682. The molecule has 0 radical (unpaired) electrons. The van der Waals surface area contributed by atoms with Crippen molar-refractivity contribution in [3.05, 3.63) is 71.8 Å². The summed E-state index contributed by atoms with van der Waals surface area (Å²) in [5, 5.41) is 0. The van der Waals surface area contributed by atoms with Gasteiger partial charge in [-0.3, -0.25) is 4.90 Å². The van der Waals surface area contributed by atoms with Crippen LogP contribution in [0.15, 0.2) is 60.7 Å². The van der Waals surface area contributed by atoms with E-state index < -0.39 is 0 Å². The van der Waals surface area contributed by atoms with Crippen LogP contribution in [0.3, 0.4) is 0 Å². The van der Waals surface area contributed by atoms with Gasteiger partial charge in [-0.2, -0.15) is 0 Å². The molecule has 0 spiro atoms. The Kier molecular flexibility index (Phi) is 7.19. The summed E-state index contributed by atoms with van der Waals surface area (Å²) < 4.78 is 16.9. The Morgan fingerprint density at radius 1 is 1.00 bits per heavy atom. The molecule has 0 amide bonds. The summed E-state index contributed by atoms with van der Waals surface area (Å²) in [6.07, 6.45) is -0.315. The predicted molar refractivity (Wildman–Crippen MR) is 99.0 cm³/mol. The smallest absolute Gasteiger partial charge is 0.338 e. The zero-order valence-corrected chi connectivity index (χ0v) is 14.9. The molecule has 26 heavy (non-hydrogen) atoms. The van der Waals surface area contributed by atoms with E-state index >= 15 is 0 Å². The molecule has 1 aliphatic heterocycles. The number of carbonyl (C=O) groups excluding carboxylic acids is 1. The highest BCUT2D eigenvalue weighted by molar-refractivity contribution is 5.89. The lowest BCUT2D eigenvalue weighted by molar-refractivity contribution is -0.0349. The molecule has 5 heteroatoms. The van der Waals surface area contributed by atoms with E-state index in [-0.39, 0.29) is 12.1 Å². The maximum atomic E-state index is 12.4. The fourth-order valence-electron chi connectivity index (χ4n) is 2.87. The van der Waals surface area contributed by atoms with Gasteiger partial charge in [-0.25, -0.2) is 4.79 Å². The van der Waals surface area contributed by atoms with Crippen molar-refractivity contribution < 1.29 is 19.0 Å². The van der Waals surface area contributed by atoms with Crippen molar-refractivity contribution >= 4 is 5.97 Å². The highest BCUT2D eigenvalue weighted by atomic mass is 16.6. The number of hydrogen-bond acceptors (Lipinski definition) is 5. The summed E-state index contributed by atoms with van der Waals surface area (Å²) in [6.45, 7) is 4.63. The molecule has 0 aliphatic carbocycles. The summed E-state index contributed by atoms with van der Waals surface area (Å²) in [4.78, 5) is 14.7. The van der Waals surface area contributed by atoms with Crippen molar-refractivity contribution in [1.82, 2.24) is 4.90 Å². The lowest BCUT2D eigenvalue weighted by atomic mass is 10.2. The van der Waals surface area contributed by atoms with Crippen molar-refractivity contribution in [2.24, 2.45) is 0 Å². The van der Waals surface area contributed by atoms with E-state index in [1.54, 1.807) is 12.1 Å². The topological polar surface area (TPSA) is 48.0 Å². The van der Waals surface area contributed by atoms with Gasteiger partial charge in [0.1, 0.15) is 6.10 Å². The van der Waals surface area contributed by atoms with Gasteiger partial charge in [0.2, 0.25) is 0 Å². The molecule has 138 valence electrons. The van der Waals surface area contributed by atoms with E-state index in [0.29, 0.717) is 38.5 Å². The molecule has 1 aliphatic rings. The molecule has 1 saturated heterocycles. The van der Waals surface area contributed by atoms with Crippen LogP contribution in [0.25, 0.3) is 0 Å². The average Bonchev–Trinajstić information content (AvgIpc) is 2.70. The van der Waals surface area contributed by atoms with Gasteiger partial charge in [-0.15, -0.1) is 0 Å². The number of hydrogen-bond donors (Lipinski definition) is 0. The minimum atomic E-state index is -0.315. The lowest BCUT2D eigenvalue weighted by Crippen LogP contribution is -2.43. The predicted octanol–water partition coefficient (Wildman–Crippen LogP) is 2.76. The van der Waals surface area contributed by atoms with Gasteiger partial charge in [0.25, 0.3) is 0 Å². The number of morpholine rings is 1. The molecule has 2 aromatic rings. The summed E-state index contributed by atoms with van der Waals surface area (Å²) >= 11 is 0. The van der Waals surface area contributed by atoms with Gasteiger partial charge in [0.15, 0.2) is 0 Å². The highest BCUT2D eigenvalue weighted by Gasteiger charge is 2.21. The van der Waals surface area contributed by atoms with Crippen LogP contribution in [0.1, 0.15) is 15.9 Å². The van der Waals surface area contributed by atoms with Crippen molar-refractivity contribution in [2.75, 3.05) is 39.5 Å². The molecule has 0 saturated carbocycles. The number of rotatable bonds is 8. The van der Waals surface area contributed by atoms with E-state index in [2.05, 4.69) is 4.90 Å². The Morgan fingerprint density at radius 3 is 2.35 bits per heavy atom. The summed E-state index contributed by atoms with van der Waals surface area (Å²) in [5.74, 6) is -0.313. The molecule has 5 nitrogen and oxygen atoms in total. The van der Waals surface area contributed by atoms with E-state index in [1.165, 1.54) is 0 Å². The van der Waals surface area contributed by atoms with Gasteiger partial charge >= 0.3 is 5.97 Å². The third-order valence-corrected chi connectivity index (χ3v) is 4.26. The summed E-state index contributed by atoms with van der Waals surface area (Å²) in [6, 6.07) is 19.1. The molecule has 2 aromatic carbocycles. The van der Waals surface area contributed by atoms with Crippen LogP contribution >= 0.6 is 0 Å². The third-order valence-electron chi connectivity index (χ3n) is 4.26. The van der Waals surface area contributed by atoms with Crippen molar-refractivity contribution in [2.45, 2.75) is 12.7 Å². The Balaban J connectivity index is 1.56. The van der Waals surface area contributed by atoms with E-state index in [0.717, 1.165) is 18.7 Å². The lowest BCUT2D eigenvalue weighted by Gasteiger charge is -2.30. The number of benzene rings is 2. The van der Waals surface area contributed by atoms with E-state index in [4.69, 9.17) is 14.2 Å². The molecule has 3 rings (SSSR count). The summed E-state index contributed by atoms with van der Waals surface area (Å²) in [7, 11) is 0. The van der Waals surface area contributed by atoms with Crippen LogP contribution in [0.5, 0.6) is 0 Å². The molecule has 0 aromatic heterocycles. The first-order chi connectivity index (χ1) is 12.8. The van der Waals surface area contributed by atoms with Crippen LogP contribution in [-0.2, 0) is 20.8 Å². The molecule has 1 unspecified atom stereocenters. The van der Waals surface area contributed by atoms with Gasteiger partial charge in [0.05, 0.1) is 32.0 Å². The van der Waals surface area contributed by atoms with Crippen LogP contribution in [0.2, 0.25) is 0 Å². The van der Waals surface area contributed by atoms with Crippen LogP contribution < -0.4 is 0 Å². The number of carbonyl (C=O) groups is 1. The fraction of sp³-hybridized carbons (Fsp3) is 0.381. The fourth-order valence-corrected chi connectivity index (χ4v) is 2.87. The molecule has 0 bridgehead atoms. The summed E-state index contributed by atoms with van der Waals surface area (Å²) in [5.41, 5.74) is 1.66. The zero-order chi connectivity index (χ0) is 18.0. The Hall–Kier alpha value is -2.21. The van der Waals surface area contributed by atoms with Gasteiger partial charge in [-0.1, -0.05) is 48.5 Å². The maximum Gasteiger partial charge on any atom is 0.338 e. The third kappa shape index (κ3) is 5.95. The van der Waals surface area contributed by atoms with Gasteiger partial charge in [0, 0.05) is 19.6 Å². The molecular formula is C21H25NO4. The Labute approximate surface area is 154 Å². The normalized spacial score (nSPS) is 16.2. The molecule has 1 heterocycles. The van der Waals surface area contributed by atoms with E-state index in [9.17, 15) is 4.79 Å². The van der Waals surface area contributed by atoms with Gasteiger partial charge in [-0.05, 0) is 17.7 Å². The second kappa shape index (κ2) is 10.1. The highest BCUT2D eigenvalue weighted by Crippen LogP contribution is 2.09. The first-order valence-corrected chi connectivity index (χ1v) is 8.99. The average molecular weight is 355 g/mol. The SMILES string of the molecule is O=C(OC(COCc1ccccc1)CN1CCOCC1)c1ccccc1. The monoisotopic (exact) mass is 355 g/mol. The first kappa shape index (κ1) is 18.6. The molecule has 0 N–H and O–H groups in total. The molecule has 1 atom stereocenters. The number of esters is 1. The van der Waals surface area contributed by atoms with Crippen molar-refractivity contribution in [3.8, 4) is 0 Å². The standard InChI is InChI=1S/C21H25NO4/c23-21(19-9-5-2-6-10-19)26-20(15-22-11-13-24-14-12-22)17-25-16-18-7-3-1-4-8-18/h1-10,20H,11-17H2. The maximum absolute atomic E-state index is 12.4. The van der Waals surface area contributed by atoms with Crippen LogP contribution in [-0.4, -0.2) is 56.4 Å². The number of nitrogens with zero attached hydrogens (tertiary/aromatic N) is 1. The van der Waals surface area contributed by atoms with Gasteiger partial charge < -0.3 is 14.2 Å². The van der Waals surface area contributed by atoms with Crippen LogP contribution in [0.4, 0.5) is 0 Å². The molecule has 1 fully saturated rings. The minimum absolute atomic E-state index is 0.313. The Morgan fingerprint density at radius 2 is 1.65 bits per heavy atom. The van der Waals surface area contributed by atoms with Crippen LogP contribution in [0, 0.1) is 0 Å².